The molecule has 2 rings (SSSR count). The number of halogens is 2. The van der Waals surface area contributed by atoms with Crippen LogP contribution in [-0.4, -0.2) is 17.0 Å². The Morgan fingerprint density at radius 1 is 1.40 bits per heavy atom. The second kappa shape index (κ2) is 6.06. The smallest absolute Gasteiger partial charge is 0.278 e. The molecule has 1 N–H and O–H groups in total. The van der Waals surface area contributed by atoms with Gasteiger partial charge in [-0.3, -0.25) is 10.1 Å². The van der Waals surface area contributed by atoms with Crippen LogP contribution in [0.25, 0.3) is 0 Å². The van der Waals surface area contributed by atoms with E-state index in [9.17, 15) is 10.1 Å². The van der Waals surface area contributed by atoms with E-state index in [4.69, 9.17) is 16.3 Å². The predicted octanol–water partition coefficient (Wildman–Crippen LogP) is 4.24. The number of benzene rings is 1. The number of nitrogens with zero attached hydrogens (tertiary/aromatic N) is 2. The number of aromatic nitrogens is 1. The fourth-order valence-electron chi connectivity index (χ4n) is 1.45. The van der Waals surface area contributed by atoms with E-state index >= 15 is 0 Å². The summed E-state index contributed by atoms with van der Waals surface area (Å²) in [5, 5.41) is 14.0. The Morgan fingerprint density at radius 3 is 2.80 bits per heavy atom. The first-order valence-electron chi connectivity index (χ1n) is 5.46. The molecule has 2 aromatic rings. The first-order valence-corrected chi connectivity index (χ1v) is 6.64. The number of hydrogen-bond acceptors (Lipinski definition) is 5. The van der Waals surface area contributed by atoms with E-state index in [1.165, 1.54) is 12.1 Å². The lowest BCUT2D eigenvalue weighted by molar-refractivity contribution is -0.384. The second-order valence-electron chi connectivity index (χ2n) is 3.73. The molecule has 20 heavy (non-hydrogen) atoms. The van der Waals surface area contributed by atoms with Crippen LogP contribution in [0.5, 0.6) is 11.6 Å². The predicted molar refractivity (Wildman–Crippen MR) is 79.7 cm³/mol. The molecule has 0 aliphatic rings. The fourth-order valence-corrected chi connectivity index (χ4v) is 1.94. The number of rotatable bonds is 4. The molecule has 0 aliphatic carbocycles. The van der Waals surface area contributed by atoms with Crippen LogP contribution in [0.15, 0.2) is 34.8 Å². The highest BCUT2D eigenvalue weighted by molar-refractivity contribution is 9.10. The summed E-state index contributed by atoms with van der Waals surface area (Å²) < 4.78 is 6.28. The molecular weight excluding hydrogens is 350 g/mol. The Balaban J connectivity index is 2.39. The summed E-state index contributed by atoms with van der Waals surface area (Å²) in [4.78, 5) is 14.4. The van der Waals surface area contributed by atoms with Crippen molar-refractivity contribution in [1.29, 1.82) is 0 Å². The van der Waals surface area contributed by atoms with E-state index in [0.29, 0.717) is 16.6 Å². The summed E-state index contributed by atoms with van der Waals surface area (Å²) in [7, 11) is 1.61. The largest absolute Gasteiger partial charge is 0.437 e. The molecule has 0 amide bonds. The highest BCUT2D eigenvalue weighted by Crippen LogP contribution is 2.33. The van der Waals surface area contributed by atoms with Crippen molar-refractivity contribution in [1.82, 2.24) is 4.98 Å². The summed E-state index contributed by atoms with van der Waals surface area (Å²) in [6.45, 7) is 0. The maximum absolute atomic E-state index is 10.9. The monoisotopic (exact) mass is 357 g/mol. The molecule has 0 unspecified atom stereocenters. The highest BCUT2D eigenvalue weighted by Gasteiger charge is 2.13. The van der Waals surface area contributed by atoms with E-state index in [0.717, 1.165) is 4.47 Å². The summed E-state index contributed by atoms with van der Waals surface area (Å²) in [5.74, 6) is 0.778. The van der Waals surface area contributed by atoms with Gasteiger partial charge in [0.25, 0.3) is 5.69 Å². The van der Waals surface area contributed by atoms with Crippen molar-refractivity contribution in [3.63, 3.8) is 0 Å². The van der Waals surface area contributed by atoms with Gasteiger partial charge < -0.3 is 10.1 Å². The number of hydrogen-bond donors (Lipinski definition) is 1. The van der Waals surface area contributed by atoms with Crippen LogP contribution in [0.1, 0.15) is 0 Å². The lowest BCUT2D eigenvalue weighted by Gasteiger charge is -2.08. The van der Waals surface area contributed by atoms with Crippen LogP contribution >= 0.6 is 27.5 Å². The van der Waals surface area contributed by atoms with E-state index in [-0.39, 0.29) is 11.6 Å². The summed E-state index contributed by atoms with van der Waals surface area (Å²) in [6, 6.07) is 7.61. The summed E-state index contributed by atoms with van der Waals surface area (Å²) >= 11 is 9.29. The average Bonchev–Trinajstić information content (AvgIpc) is 2.42. The zero-order valence-electron chi connectivity index (χ0n) is 10.3. The Bertz CT molecular complexity index is 666. The molecule has 1 heterocycles. The van der Waals surface area contributed by atoms with Crippen molar-refractivity contribution in [3.05, 3.63) is 49.9 Å². The Hall–Kier alpha value is -1.86. The molecule has 0 bridgehead atoms. The van der Waals surface area contributed by atoms with E-state index in [2.05, 4.69) is 26.2 Å². The number of nitro groups is 1. The molecule has 0 fully saturated rings. The first kappa shape index (κ1) is 14.5. The van der Waals surface area contributed by atoms with Gasteiger partial charge in [-0.2, -0.15) is 4.98 Å². The van der Waals surface area contributed by atoms with Gasteiger partial charge in [0.05, 0.1) is 22.1 Å². The van der Waals surface area contributed by atoms with E-state index < -0.39 is 4.92 Å². The summed E-state index contributed by atoms with van der Waals surface area (Å²) in [5.41, 5.74) is -0.120. The van der Waals surface area contributed by atoms with Crippen molar-refractivity contribution in [2.75, 3.05) is 12.4 Å². The fraction of sp³-hybridized carbons (Fsp3) is 0.0833. The molecule has 104 valence electrons. The van der Waals surface area contributed by atoms with Crippen LogP contribution in [0, 0.1) is 10.1 Å². The molecule has 0 radical (unpaired) electrons. The van der Waals surface area contributed by atoms with E-state index in [1.807, 2.05) is 0 Å². The van der Waals surface area contributed by atoms with Crippen LogP contribution in [0.4, 0.5) is 11.5 Å². The van der Waals surface area contributed by atoms with Gasteiger partial charge in [-0.25, -0.2) is 0 Å². The van der Waals surface area contributed by atoms with Gasteiger partial charge in [-0.15, -0.1) is 0 Å². The van der Waals surface area contributed by atoms with Crippen molar-refractivity contribution < 1.29 is 9.66 Å². The molecule has 1 aromatic carbocycles. The lowest BCUT2D eigenvalue weighted by atomic mass is 10.3. The lowest BCUT2D eigenvalue weighted by Crippen LogP contribution is -1.98. The molecular formula is C12H9BrClN3O3. The van der Waals surface area contributed by atoms with Crippen molar-refractivity contribution >= 4 is 39.0 Å². The van der Waals surface area contributed by atoms with Crippen molar-refractivity contribution in [2.45, 2.75) is 0 Å². The maximum atomic E-state index is 10.9. The Morgan fingerprint density at radius 2 is 2.15 bits per heavy atom. The molecule has 6 nitrogen and oxygen atoms in total. The minimum Gasteiger partial charge on any atom is -0.437 e. The minimum atomic E-state index is -0.516. The van der Waals surface area contributed by atoms with Gasteiger partial charge >= 0.3 is 0 Å². The third-order valence-electron chi connectivity index (χ3n) is 2.36. The molecule has 8 heteroatoms. The number of ether oxygens (including phenoxy) is 1. The van der Waals surface area contributed by atoms with Crippen LogP contribution in [0.2, 0.25) is 5.02 Å². The quantitative estimate of drug-likeness (QED) is 0.653. The Kier molecular flexibility index (Phi) is 4.41. The minimum absolute atomic E-state index is 0.0866. The van der Waals surface area contributed by atoms with Gasteiger partial charge in [-0.05, 0) is 18.2 Å². The Labute approximate surface area is 128 Å². The first-order chi connectivity index (χ1) is 9.49. The van der Waals surface area contributed by atoms with Gasteiger partial charge in [-0.1, -0.05) is 27.5 Å². The number of nitrogens with one attached hydrogen (secondary N) is 1. The highest BCUT2D eigenvalue weighted by atomic mass is 79.9. The normalized spacial score (nSPS) is 10.2. The van der Waals surface area contributed by atoms with Gasteiger partial charge in [0.1, 0.15) is 11.6 Å². The average molecular weight is 359 g/mol. The molecule has 0 atom stereocenters. The number of anilines is 1. The van der Waals surface area contributed by atoms with Crippen LogP contribution in [0.3, 0.4) is 0 Å². The topological polar surface area (TPSA) is 77.3 Å². The SMILES string of the molecule is CNc1cc([N+](=O)[O-])cc(Oc2cc(Br)ccc2Cl)n1. The van der Waals surface area contributed by atoms with Gasteiger partial charge in [0.2, 0.25) is 5.88 Å². The molecule has 0 aliphatic heterocycles. The zero-order valence-corrected chi connectivity index (χ0v) is 12.6. The molecule has 0 spiro atoms. The van der Waals surface area contributed by atoms with Crippen molar-refractivity contribution in [3.8, 4) is 11.6 Å². The zero-order chi connectivity index (χ0) is 14.7. The van der Waals surface area contributed by atoms with Crippen LogP contribution < -0.4 is 10.1 Å². The van der Waals surface area contributed by atoms with Crippen molar-refractivity contribution in [2.24, 2.45) is 0 Å². The van der Waals surface area contributed by atoms with Gasteiger partial charge in [0, 0.05) is 11.5 Å². The standard InChI is InChI=1S/C12H9BrClN3O3/c1-15-11-5-8(17(18)19)6-12(16-11)20-10-4-7(13)2-3-9(10)14/h2-6H,1H3,(H,15,16). The molecule has 0 saturated heterocycles. The third kappa shape index (κ3) is 3.37. The van der Waals surface area contributed by atoms with Gasteiger partial charge in [0.15, 0.2) is 0 Å². The molecule has 0 saturated carbocycles. The molecule has 1 aromatic heterocycles. The van der Waals surface area contributed by atoms with Crippen LogP contribution in [-0.2, 0) is 0 Å². The second-order valence-corrected chi connectivity index (χ2v) is 5.06. The number of pyridine rings is 1. The summed E-state index contributed by atoms with van der Waals surface area (Å²) in [6.07, 6.45) is 0. The maximum Gasteiger partial charge on any atom is 0.278 e. The van der Waals surface area contributed by atoms with E-state index in [1.54, 1.807) is 25.2 Å². The third-order valence-corrected chi connectivity index (χ3v) is 3.17.